The van der Waals surface area contributed by atoms with E-state index in [2.05, 4.69) is 32.7 Å². The quantitative estimate of drug-likeness (QED) is 0.668. The van der Waals surface area contributed by atoms with E-state index in [9.17, 15) is 4.79 Å². The highest BCUT2D eigenvalue weighted by Gasteiger charge is 2.22. The summed E-state index contributed by atoms with van der Waals surface area (Å²) in [6.07, 6.45) is 2.48. The van der Waals surface area contributed by atoms with Crippen LogP contribution < -0.4 is 10.6 Å². The molecule has 1 aliphatic rings. The molecule has 3 rings (SSSR count). The first-order valence-corrected chi connectivity index (χ1v) is 8.79. The maximum atomic E-state index is 12.4. The summed E-state index contributed by atoms with van der Waals surface area (Å²) >= 11 is 1.59. The van der Waals surface area contributed by atoms with Crippen molar-refractivity contribution in [3.8, 4) is 0 Å². The minimum absolute atomic E-state index is 0. The average Bonchev–Trinajstić information content (AvgIpc) is 3.09. The van der Waals surface area contributed by atoms with Crippen LogP contribution in [0.5, 0.6) is 0 Å². The third-order valence-corrected chi connectivity index (χ3v) is 5.03. The SMILES string of the molecule is CC1CNCCC1NC(=O)c1ccc(CSc2ncn[nH]2)cc1.Cl.Cl. The molecule has 1 aromatic heterocycles. The smallest absolute Gasteiger partial charge is 0.251 e. The number of rotatable bonds is 5. The van der Waals surface area contributed by atoms with E-state index in [4.69, 9.17) is 0 Å². The number of halogens is 2. The summed E-state index contributed by atoms with van der Waals surface area (Å²) in [5, 5.41) is 13.9. The average molecular weight is 404 g/mol. The number of nitrogens with one attached hydrogen (secondary N) is 3. The first-order chi connectivity index (χ1) is 11.2. The molecule has 2 atom stereocenters. The summed E-state index contributed by atoms with van der Waals surface area (Å²) in [6, 6.07) is 8.01. The summed E-state index contributed by atoms with van der Waals surface area (Å²) in [7, 11) is 0. The Morgan fingerprint density at radius 3 is 2.72 bits per heavy atom. The third-order valence-electron chi connectivity index (χ3n) is 4.09. The Hall–Kier alpha value is -1.28. The number of H-pyrrole nitrogens is 1. The van der Waals surface area contributed by atoms with Gasteiger partial charge in [0.15, 0.2) is 5.16 Å². The molecule has 138 valence electrons. The number of hydrogen-bond donors (Lipinski definition) is 3. The molecule has 2 unspecified atom stereocenters. The molecule has 6 nitrogen and oxygen atoms in total. The predicted molar refractivity (Wildman–Crippen MR) is 105 cm³/mol. The lowest BCUT2D eigenvalue weighted by Gasteiger charge is -2.30. The van der Waals surface area contributed by atoms with Crippen LogP contribution in [0.15, 0.2) is 35.7 Å². The van der Waals surface area contributed by atoms with Crippen molar-refractivity contribution in [1.82, 2.24) is 25.8 Å². The van der Waals surface area contributed by atoms with Gasteiger partial charge in [0.25, 0.3) is 5.91 Å². The minimum Gasteiger partial charge on any atom is -0.349 e. The van der Waals surface area contributed by atoms with Gasteiger partial charge in [-0.3, -0.25) is 9.89 Å². The van der Waals surface area contributed by atoms with Gasteiger partial charge in [-0.25, -0.2) is 4.98 Å². The van der Waals surface area contributed by atoms with E-state index < -0.39 is 0 Å². The molecular weight excluding hydrogens is 381 g/mol. The van der Waals surface area contributed by atoms with Gasteiger partial charge in [-0.05, 0) is 43.1 Å². The molecule has 0 spiro atoms. The number of thioether (sulfide) groups is 1. The second kappa shape index (κ2) is 10.7. The van der Waals surface area contributed by atoms with Crippen LogP contribution in [0.3, 0.4) is 0 Å². The van der Waals surface area contributed by atoms with Crippen LogP contribution in [-0.4, -0.2) is 40.2 Å². The van der Waals surface area contributed by atoms with Crippen LogP contribution in [0.25, 0.3) is 0 Å². The highest BCUT2D eigenvalue weighted by atomic mass is 35.5. The number of amides is 1. The zero-order valence-corrected chi connectivity index (χ0v) is 16.3. The number of nitrogens with zero attached hydrogens (tertiary/aromatic N) is 2. The number of benzene rings is 1. The van der Waals surface area contributed by atoms with Gasteiger partial charge < -0.3 is 10.6 Å². The summed E-state index contributed by atoms with van der Waals surface area (Å²) < 4.78 is 0. The van der Waals surface area contributed by atoms with Crippen molar-refractivity contribution < 1.29 is 4.79 Å². The summed E-state index contributed by atoms with van der Waals surface area (Å²) in [5.74, 6) is 1.27. The highest BCUT2D eigenvalue weighted by molar-refractivity contribution is 7.98. The molecular formula is C16H23Cl2N5OS. The lowest BCUT2D eigenvalue weighted by molar-refractivity contribution is 0.0914. The number of carbonyl (C=O) groups excluding carboxylic acids is 1. The molecule has 0 bridgehead atoms. The normalized spacial score (nSPS) is 19.4. The van der Waals surface area contributed by atoms with Gasteiger partial charge in [-0.15, -0.1) is 24.8 Å². The van der Waals surface area contributed by atoms with E-state index in [1.54, 1.807) is 11.8 Å². The summed E-state index contributed by atoms with van der Waals surface area (Å²) in [6.45, 7) is 4.09. The van der Waals surface area contributed by atoms with Crippen molar-refractivity contribution >= 4 is 42.5 Å². The fraction of sp³-hybridized carbons (Fsp3) is 0.438. The zero-order valence-electron chi connectivity index (χ0n) is 13.9. The number of piperidine rings is 1. The molecule has 1 aromatic carbocycles. The second-order valence-corrected chi connectivity index (χ2v) is 6.79. The van der Waals surface area contributed by atoms with Crippen LogP contribution in [0, 0.1) is 5.92 Å². The van der Waals surface area contributed by atoms with Gasteiger partial charge in [-0.2, -0.15) is 5.10 Å². The number of aromatic nitrogens is 3. The maximum Gasteiger partial charge on any atom is 0.251 e. The standard InChI is InChI=1S/C16H21N5OS.2ClH/c1-11-8-17-7-6-14(11)20-15(22)13-4-2-12(3-5-13)9-23-16-18-10-19-21-16;;/h2-5,10-11,14,17H,6-9H2,1H3,(H,20,22)(H,18,19,21);2*1H. The second-order valence-electron chi connectivity index (χ2n) is 5.83. The summed E-state index contributed by atoms with van der Waals surface area (Å²) in [4.78, 5) is 16.4. The van der Waals surface area contributed by atoms with Crippen molar-refractivity contribution in [3.63, 3.8) is 0 Å². The first-order valence-electron chi connectivity index (χ1n) is 7.81. The Bertz CT molecular complexity index is 638. The molecule has 2 aromatic rings. The fourth-order valence-corrected chi connectivity index (χ4v) is 3.38. The molecule has 1 aliphatic heterocycles. The van der Waals surface area contributed by atoms with E-state index in [0.29, 0.717) is 11.5 Å². The predicted octanol–water partition coefficient (Wildman–Crippen LogP) is 2.67. The molecule has 25 heavy (non-hydrogen) atoms. The largest absolute Gasteiger partial charge is 0.349 e. The summed E-state index contributed by atoms with van der Waals surface area (Å²) in [5.41, 5.74) is 1.86. The first kappa shape index (κ1) is 21.8. The van der Waals surface area contributed by atoms with Crippen LogP contribution in [0.2, 0.25) is 0 Å². The molecule has 0 saturated carbocycles. The van der Waals surface area contributed by atoms with Gasteiger partial charge in [0.2, 0.25) is 0 Å². The Morgan fingerprint density at radius 1 is 1.32 bits per heavy atom. The van der Waals surface area contributed by atoms with Gasteiger partial charge in [0.05, 0.1) is 0 Å². The van der Waals surface area contributed by atoms with Gasteiger partial charge in [0.1, 0.15) is 6.33 Å². The van der Waals surface area contributed by atoms with Gasteiger partial charge in [0, 0.05) is 17.4 Å². The highest BCUT2D eigenvalue weighted by Crippen LogP contribution is 2.19. The van der Waals surface area contributed by atoms with Gasteiger partial charge in [-0.1, -0.05) is 30.8 Å². The minimum atomic E-state index is 0. The Morgan fingerprint density at radius 2 is 2.08 bits per heavy atom. The number of hydrogen-bond acceptors (Lipinski definition) is 5. The Kier molecular flexibility index (Phi) is 9.27. The molecule has 0 aliphatic carbocycles. The number of aromatic amines is 1. The van der Waals surface area contributed by atoms with Gasteiger partial charge >= 0.3 is 0 Å². The van der Waals surface area contributed by atoms with E-state index in [0.717, 1.165) is 36.0 Å². The molecule has 1 amide bonds. The van der Waals surface area contributed by atoms with Crippen LogP contribution in [0.4, 0.5) is 0 Å². The van der Waals surface area contributed by atoms with Crippen molar-refractivity contribution in [2.45, 2.75) is 30.3 Å². The van der Waals surface area contributed by atoms with E-state index in [1.807, 2.05) is 24.3 Å². The lowest BCUT2D eigenvalue weighted by Crippen LogP contribution is -2.48. The third kappa shape index (κ3) is 6.18. The van der Waals surface area contributed by atoms with Crippen LogP contribution >= 0.6 is 36.6 Å². The van der Waals surface area contributed by atoms with Crippen LogP contribution in [0.1, 0.15) is 29.3 Å². The topological polar surface area (TPSA) is 82.7 Å². The van der Waals surface area contributed by atoms with Crippen molar-refractivity contribution in [1.29, 1.82) is 0 Å². The van der Waals surface area contributed by atoms with Crippen LogP contribution in [-0.2, 0) is 5.75 Å². The van der Waals surface area contributed by atoms with Crippen molar-refractivity contribution in [3.05, 3.63) is 41.7 Å². The fourth-order valence-electron chi connectivity index (χ4n) is 2.65. The molecule has 9 heteroatoms. The van der Waals surface area contributed by atoms with Crippen molar-refractivity contribution in [2.24, 2.45) is 5.92 Å². The van der Waals surface area contributed by atoms with E-state index >= 15 is 0 Å². The van der Waals surface area contributed by atoms with E-state index in [1.165, 1.54) is 6.33 Å². The Balaban J connectivity index is 0.00000156. The molecule has 0 radical (unpaired) electrons. The monoisotopic (exact) mass is 403 g/mol. The van der Waals surface area contributed by atoms with E-state index in [-0.39, 0.29) is 36.8 Å². The molecule has 1 fully saturated rings. The van der Waals surface area contributed by atoms with Crippen molar-refractivity contribution in [2.75, 3.05) is 13.1 Å². The maximum absolute atomic E-state index is 12.4. The Labute approximate surface area is 164 Å². The lowest BCUT2D eigenvalue weighted by atomic mass is 9.95. The number of carbonyl (C=O) groups is 1. The molecule has 2 heterocycles. The molecule has 1 saturated heterocycles. The zero-order chi connectivity index (χ0) is 16.1. The molecule has 3 N–H and O–H groups in total.